The first-order valence-corrected chi connectivity index (χ1v) is 11.2. The van der Waals surface area contributed by atoms with Crippen molar-refractivity contribution < 1.29 is 4.79 Å². The number of carbonyl (C=O) groups is 1. The molecule has 2 aromatic heterocycles. The van der Waals surface area contributed by atoms with E-state index >= 15 is 0 Å². The quantitative estimate of drug-likeness (QED) is 0.809. The minimum absolute atomic E-state index is 0.103. The fraction of sp³-hybridized carbons (Fsp3) is 0.571. The average Bonchev–Trinajstić information content (AvgIpc) is 3.26. The zero-order chi connectivity index (χ0) is 19.2. The van der Waals surface area contributed by atoms with Crippen LogP contribution in [0.25, 0.3) is 0 Å². The van der Waals surface area contributed by atoms with Gasteiger partial charge in [-0.2, -0.15) is 0 Å². The second kappa shape index (κ2) is 9.58. The Balaban J connectivity index is 1.23. The van der Waals surface area contributed by atoms with Crippen LogP contribution in [0, 0.1) is 5.92 Å². The van der Waals surface area contributed by atoms with Crippen molar-refractivity contribution in [1.29, 1.82) is 0 Å². The largest absolute Gasteiger partial charge is 0.350 e. The van der Waals surface area contributed by atoms with Gasteiger partial charge in [-0.1, -0.05) is 6.07 Å². The molecule has 4 heterocycles. The lowest BCUT2D eigenvalue weighted by Gasteiger charge is -2.41. The predicted molar refractivity (Wildman–Crippen MR) is 111 cm³/mol. The molecule has 2 saturated heterocycles. The van der Waals surface area contributed by atoms with Gasteiger partial charge in [0.2, 0.25) is 5.91 Å². The highest BCUT2D eigenvalue weighted by atomic mass is 32.1. The van der Waals surface area contributed by atoms with Crippen LogP contribution in [0.5, 0.6) is 0 Å². The minimum Gasteiger partial charge on any atom is -0.350 e. The van der Waals surface area contributed by atoms with Crippen LogP contribution in [0.2, 0.25) is 0 Å². The lowest BCUT2D eigenvalue weighted by molar-refractivity contribution is -0.127. The summed E-state index contributed by atoms with van der Waals surface area (Å²) in [6, 6.07) is 6.41. The lowest BCUT2D eigenvalue weighted by atomic mass is 9.93. The summed E-state index contributed by atoms with van der Waals surface area (Å²) < 4.78 is 0. The van der Waals surface area contributed by atoms with Gasteiger partial charge in [-0.25, -0.2) is 4.98 Å². The zero-order valence-corrected chi connectivity index (χ0v) is 17.1. The Labute approximate surface area is 171 Å². The van der Waals surface area contributed by atoms with Crippen molar-refractivity contribution in [3.8, 4) is 0 Å². The van der Waals surface area contributed by atoms with Crippen LogP contribution in [0.1, 0.15) is 36.4 Å². The number of hydrogen-bond acceptors (Lipinski definition) is 6. The maximum atomic E-state index is 12.6. The number of nitrogens with zero attached hydrogens (tertiary/aromatic N) is 4. The van der Waals surface area contributed by atoms with Crippen LogP contribution in [0.3, 0.4) is 0 Å². The molecule has 2 aliphatic rings. The number of likely N-dealkylation sites (tertiary alicyclic amines) is 2. The number of aromatic nitrogens is 2. The fourth-order valence-electron chi connectivity index (χ4n) is 4.34. The maximum absolute atomic E-state index is 12.6. The third kappa shape index (κ3) is 5.16. The first-order chi connectivity index (χ1) is 13.8. The smallest absolute Gasteiger partial charge is 0.224 e. The van der Waals surface area contributed by atoms with Gasteiger partial charge in [-0.15, -0.1) is 11.3 Å². The number of pyridine rings is 1. The van der Waals surface area contributed by atoms with E-state index in [4.69, 9.17) is 0 Å². The van der Waals surface area contributed by atoms with Gasteiger partial charge in [0.05, 0.1) is 24.7 Å². The van der Waals surface area contributed by atoms with Crippen molar-refractivity contribution in [3.05, 3.63) is 46.7 Å². The molecule has 7 heteroatoms. The number of carbonyl (C=O) groups excluding carboxylic acids is 1. The number of nitrogens with one attached hydrogen (secondary N) is 1. The van der Waals surface area contributed by atoms with Gasteiger partial charge in [-0.05, 0) is 44.4 Å². The Morgan fingerprint density at radius 1 is 1.14 bits per heavy atom. The maximum Gasteiger partial charge on any atom is 0.224 e. The Bertz CT molecular complexity index is 731. The van der Waals surface area contributed by atoms with Crippen LogP contribution >= 0.6 is 11.3 Å². The molecule has 1 atom stereocenters. The van der Waals surface area contributed by atoms with Gasteiger partial charge in [0, 0.05) is 43.4 Å². The number of hydrogen-bond donors (Lipinski definition) is 1. The summed E-state index contributed by atoms with van der Waals surface area (Å²) in [5.74, 6) is 0.280. The molecular weight excluding hydrogens is 370 g/mol. The second-order valence-corrected chi connectivity index (χ2v) is 8.79. The molecule has 0 radical (unpaired) electrons. The molecule has 4 rings (SSSR count). The Hall–Kier alpha value is -1.83. The third-order valence-corrected chi connectivity index (χ3v) is 6.67. The Kier molecular flexibility index (Phi) is 6.67. The van der Waals surface area contributed by atoms with Gasteiger partial charge in [0.1, 0.15) is 5.01 Å². The van der Waals surface area contributed by atoms with Crippen LogP contribution in [-0.2, 0) is 17.9 Å². The van der Waals surface area contributed by atoms with Gasteiger partial charge >= 0.3 is 0 Å². The van der Waals surface area contributed by atoms with E-state index in [9.17, 15) is 4.79 Å². The summed E-state index contributed by atoms with van der Waals surface area (Å²) in [7, 11) is 0. The van der Waals surface area contributed by atoms with E-state index in [-0.39, 0.29) is 11.8 Å². The van der Waals surface area contributed by atoms with Crippen molar-refractivity contribution in [2.45, 2.75) is 44.8 Å². The molecule has 0 bridgehead atoms. The van der Waals surface area contributed by atoms with Crippen LogP contribution in [0.4, 0.5) is 0 Å². The van der Waals surface area contributed by atoms with Crippen molar-refractivity contribution in [2.24, 2.45) is 5.92 Å². The van der Waals surface area contributed by atoms with E-state index in [0.29, 0.717) is 12.6 Å². The SMILES string of the molecule is O=C(NCc1ccccn1)[C@H]1CCCN(C2CCN(Cc3nccs3)CC2)C1. The van der Waals surface area contributed by atoms with Crippen LogP contribution in [-0.4, -0.2) is 57.9 Å². The number of rotatable bonds is 6. The highest BCUT2D eigenvalue weighted by molar-refractivity contribution is 7.09. The van der Waals surface area contributed by atoms with E-state index < -0.39 is 0 Å². The molecule has 0 aromatic carbocycles. The molecule has 0 unspecified atom stereocenters. The van der Waals surface area contributed by atoms with Gasteiger partial charge in [0.25, 0.3) is 0 Å². The van der Waals surface area contributed by atoms with Gasteiger partial charge < -0.3 is 5.32 Å². The summed E-state index contributed by atoms with van der Waals surface area (Å²) in [5.41, 5.74) is 0.913. The summed E-state index contributed by atoms with van der Waals surface area (Å²) in [4.78, 5) is 26.4. The number of amides is 1. The van der Waals surface area contributed by atoms with E-state index in [1.54, 1.807) is 17.5 Å². The normalized spacial score (nSPS) is 22.2. The average molecular weight is 400 g/mol. The minimum atomic E-state index is 0.103. The summed E-state index contributed by atoms with van der Waals surface area (Å²) in [6.45, 7) is 5.76. The third-order valence-electron chi connectivity index (χ3n) is 5.91. The first kappa shape index (κ1) is 19.5. The highest BCUT2D eigenvalue weighted by Crippen LogP contribution is 2.25. The fourth-order valence-corrected chi connectivity index (χ4v) is 5.00. The molecule has 1 N–H and O–H groups in total. The summed E-state index contributed by atoms with van der Waals surface area (Å²) >= 11 is 1.74. The molecule has 0 saturated carbocycles. The molecular formula is C21H29N5OS. The Morgan fingerprint density at radius 2 is 2.04 bits per heavy atom. The molecule has 0 aliphatic carbocycles. The van der Waals surface area contributed by atoms with Crippen LogP contribution < -0.4 is 5.32 Å². The van der Waals surface area contributed by atoms with E-state index in [0.717, 1.165) is 51.3 Å². The van der Waals surface area contributed by atoms with Crippen molar-refractivity contribution >= 4 is 17.2 Å². The molecule has 1 amide bonds. The second-order valence-electron chi connectivity index (χ2n) is 7.81. The van der Waals surface area contributed by atoms with Gasteiger partial charge in [-0.3, -0.25) is 19.6 Å². The van der Waals surface area contributed by atoms with E-state index in [1.807, 2.05) is 24.4 Å². The van der Waals surface area contributed by atoms with E-state index in [1.165, 1.54) is 17.8 Å². The predicted octanol–water partition coefficient (Wildman–Crippen LogP) is 2.53. The summed E-state index contributed by atoms with van der Waals surface area (Å²) in [6.07, 6.45) is 8.14. The number of thiazole rings is 1. The summed E-state index contributed by atoms with van der Waals surface area (Å²) in [5, 5.41) is 6.34. The number of piperidine rings is 2. The lowest BCUT2D eigenvalue weighted by Crippen LogP contribution is -2.50. The van der Waals surface area contributed by atoms with Crippen molar-refractivity contribution in [3.63, 3.8) is 0 Å². The molecule has 150 valence electrons. The monoisotopic (exact) mass is 399 g/mol. The molecule has 6 nitrogen and oxygen atoms in total. The topological polar surface area (TPSA) is 61.4 Å². The first-order valence-electron chi connectivity index (χ1n) is 10.3. The standard InChI is InChI=1S/C21H29N5OS/c27-21(24-14-18-5-1-2-8-22-18)17-4-3-10-26(15-17)19-6-11-25(12-7-19)16-20-23-9-13-28-20/h1-2,5,8-9,13,17,19H,3-4,6-7,10-12,14-16H2,(H,24,27)/t17-/m0/s1. The van der Waals surface area contributed by atoms with E-state index in [2.05, 4.69) is 30.5 Å². The van der Waals surface area contributed by atoms with Gasteiger partial charge in [0.15, 0.2) is 0 Å². The van der Waals surface area contributed by atoms with Crippen LogP contribution in [0.15, 0.2) is 36.0 Å². The Morgan fingerprint density at radius 3 is 2.79 bits per heavy atom. The molecule has 28 heavy (non-hydrogen) atoms. The molecule has 2 fully saturated rings. The zero-order valence-electron chi connectivity index (χ0n) is 16.3. The van der Waals surface area contributed by atoms with Crippen molar-refractivity contribution in [2.75, 3.05) is 26.2 Å². The van der Waals surface area contributed by atoms with Crippen molar-refractivity contribution in [1.82, 2.24) is 25.1 Å². The highest BCUT2D eigenvalue weighted by Gasteiger charge is 2.31. The molecule has 0 spiro atoms. The molecule has 2 aliphatic heterocycles. The molecule has 2 aromatic rings.